The molecule has 2 saturated heterocycles. The number of hydrogen-bond donors (Lipinski definition) is 1. The largest absolute Gasteiger partial charge is 0.359 e. The molecule has 2 aliphatic heterocycles. The molecule has 3 heterocycles. The van der Waals surface area contributed by atoms with Gasteiger partial charge in [0.15, 0.2) is 5.82 Å². The molecule has 2 aliphatic rings. The van der Waals surface area contributed by atoms with Crippen LogP contribution in [-0.2, 0) is 15.0 Å². The van der Waals surface area contributed by atoms with Gasteiger partial charge in [0, 0.05) is 18.0 Å². The molecule has 0 bridgehead atoms. The van der Waals surface area contributed by atoms with Gasteiger partial charge in [-0.15, -0.1) is 0 Å². The molecule has 26 heavy (non-hydrogen) atoms. The predicted molar refractivity (Wildman–Crippen MR) is 98.9 cm³/mol. The van der Waals surface area contributed by atoms with E-state index in [0.717, 1.165) is 44.5 Å². The first-order valence-corrected chi connectivity index (χ1v) is 9.64. The van der Waals surface area contributed by atoms with Crippen molar-refractivity contribution in [1.82, 2.24) is 15.0 Å². The lowest BCUT2D eigenvalue weighted by Crippen LogP contribution is -2.52. The summed E-state index contributed by atoms with van der Waals surface area (Å²) in [4.78, 5) is 29.4. The van der Waals surface area contributed by atoms with Gasteiger partial charge in [-0.2, -0.15) is 0 Å². The summed E-state index contributed by atoms with van der Waals surface area (Å²) < 4.78 is 5.33. The van der Waals surface area contributed by atoms with Crippen molar-refractivity contribution >= 4 is 17.6 Å². The van der Waals surface area contributed by atoms with Crippen molar-refractivity contribution in [3.05, 3.63) is 11.8 Å². The lowest BCUT2D eigenvalue weighted by molar-refractivity contribution is -0.141. The minimum Gasteiger partial charge on any atom is -0.359 e. The maximum absolute atomic E-state index is 12.8. The van der Waals surface area contributed by atoms with Gasteiger partial charge >= 0.3 is 0 Å². The number of likely N-dealkylation sites (tertiary alicyclic amines) is 2. The van der Waals surface area contributed by atoms with Crippen LogP contribution < -0.4 is 5.32 Å². The van der Waals surface area contributed by atoms with Crippen LogP contribution in [0.15, 0.2) is 10.6 Å². The van der Waals surface area contributed by atoms with Crippen molar-refractivity contribution in [3.8, 4) is 0 Å². The van der Waals surface area contributed by atoms with Crippen LogP contribution in [0.5, 0.6) is 0 Å². The van der Waals surface area contributed by atoms with Crippen LogP contribution in [-0.4, -0.2) is 59.0 Å². The number of carbonyl (C=O) groups excluding carboxylic acids is 2. The number of rotatable bonds is 4. The van der Waals surface area contributed by atoms with E-state index in [1.807, 2.05) is 20.8 Å². The van der Waals surface area contributed by atoms with Crippen molar-refractivity contribution < 1.29 is 14.1 Å². The molecule has 2 fully saturated rings. The van der Waals surface area contributed by atoms with E-state index >= 15 is 0 Å². The first-order chi connectivity index (χ1) is 12.3. The molecule has 2 amide bonds. The van der Waals surface area contributed by atoms with Gasteiger partial charge in [0.05, 0.1) is 6.54 Å². The van der Waals surface area contributed by atoms with E-state index in [1.165, 1.54) is 0 Å². The van der Waals surface area contributed by atoms with E-state index in [4.69, 9.17) is 4.52 Å². The van der Waals surface area contributed by atoms with E-state index in [0.29, 0.717) is 25.3 Å². The minimum atomic E-state index is -0.423. The molecule has 0 spiro atoms. The van der Waals surface area contributed by atoms with Crippen molar-refractivity contribution in [2.45, 2.75) is 64.3 Å². The van der Waals surface area contributed by atoms with Gasteiger partial charge in [-0.05, 0) is 45.2 Å². The number of carbonyl (C=O) groups is 2. The second-order valence-corrected chi connectivity index (χ2v) is 8.40. The Morgan fingerprint density at radius 3 is 2.54 bits per heavy atom. The number of nitrogens with one attached hydrogen (secondary N) is 1. The highest BCUT2D eigenvalue weighted by Crippen LogP contribution is 2.25. The highest BCUT2D eigenvalue weighted by Gasteiger charge is 2.33. The van der Waals surface area contributed by atoms with Crippen LogP contribution in [0, 0.1) is 0 Å². The maximum atomic E-state index is 12.8. The van der Waals surface area contributed by atoms with Gasteiger partial charge in [0.25, 0.3) is 0 Å². The number of amides is 2. The highest BCUT2D eigenvalue weighted by molar-refractivity contribution is 5.96. The zero-order valence-corrected chi connectivity index (χ0v) is 16.1. The summed E-state index contributed by atoms with van der Waals surface area (Å²) in [6.45, 7) is 9.10. The molecule has 0 aliphatic carbocycles. The monoisotopic (exact) mass is 362 g/mol. The third kappa shape index (κ3) is 4.44. The number of anilines is 1. The average molecular weight is 362 g/mol. The minimum absolute atomic E-state index is 0.0577. The summed E-state index contributed by atoms with van der Waals surface area (Å²) >= 11 is 0. The SMILES string of the molecule is CC(C)(C)c1cc(NC(=O)C2CCCCN2C(=O)CN2CCCC2)no1. The quantitative estimate of drug-likeness (QED) is 0.890. The molecule has 0 saturated carbocycles. The van der Waals surface area contributed by atoms with Crippen LogP contribution in [0.1, 0.15) is 58.6 Å². The van der Waals surface area contributed by atoms with E-state index < -0.39 is 6.04 Å². The Hall–Kier alpha value is -1.89. The summed E-state index contributed by atoms with van der Waals surface area (Å²) in [7, 11) is 0. The summed E-state index contributed by atoms with van der Waals surface area (Å²) in [5.74, 6) is 1.02. The second-order valence-electron chi connectivity index (χ2n) is 8.40. The van der Waals surface area contributed by atoms with E-state index in [-0.39, 0.29) is 17.2 Å². The fourth-order valence-electron chi connectivity index (χ4n) is 3.62. The maximum Gasteiger partial charge on any atom is 0.248 e. The van der Waals surface area contributed by atoms with E-state index in [2.05, 4.69) is 15.4 Å². The highest BCUT2D eigenvalue weighted by atomic mass is 16.5. The Morgan fingerprint density at radius 2 is 1.88 bits per heavy atom. The zero-order chi connectivity index (χ0) is 18.7. The molecule has 144 valence electrons. The van der Waals surface area contributed by atoms with Gasteiger partial charge in [-0.25, -0.2) is 0 Å². The van der Waals surface area contributed by atoms with Crippen LogP contribution >= 0.6 is 0 Å². The lowest BCUT2D eigenvalue weighted by Gasteiger charge is -2.35. The van der Waals surface area contributed by atoms with E-state index in [1.54, 1.807) is 11.0 Å². The second kappa shape index (κ2) is 7.78. The molecule has 7 nitrogen and oxygen atoms in total. The third-order valence-corrected chi connectivity index (χ3v) is 5.18. The predicted octanol–water partition coefficient (Wildman–Crippen LogP) is 2.39. The topological polar surface area (TPSA) is 78.7 Å². The van der Waals surface area contributed by atoms with Gasteiger partial charge in [0.1, 0.15) is 11.8 Å². The molecule has 3 rings (SSSR count). The van der Waals surface area contributed by atoms with Gasteiger partial charge in [-0.3, -0.25) is 14.5 Å². The van der Waals surface area contributed by atoms with Crippen molar-refractivity contribution in [2.24, 2.45) is 0 Å². The number of piperidine rings is 1. The molecule has 1 N–H and O–H groups in total. The average Bonchev–Trinajstić information content (AvgIpc) is 3.26. The third-order valence-electron chi connectivity index (χ3n) is 5.18. The Balaban J connectivity index is 1.63. The summed E-state index contributed by atoms with van der Waals surface area (Å²) in [5.41, 5.74) is -0.168. The Labute approximate surface area is 155 Å². The molecule has 1 aromatic heterocycles. The van der Waals surface area contributed by atoms with Gasteiger partial charge in [-0.1, -0.05) is 25.9 Å². The first kappa shape index (κ1) is 18.9. The Kier molecular flexibility index (Phi) is 5.65. The standard InChI is InChI=1S/C19H30N4O3/c1-19(2,3)15-12-16(21-26-15)20-18(25)14-8-4-5-11-23(14)17(24)13-22-9-6-7-10-22/h12,14H,4-11,13H2,1-3H3,(H,20,21,25). The van der Waals surface area contributed by atoms with Crippen molar-refractivity contribution in [2.75, 3.05) is 31.5 Å². The molecule has 1 unspecified atom stereocenters. The van der Waals surface area contributed by atoms with Gasteiger partial charge in [0.2, 0.25) is 11.8 Å². The lowest BCUT2D eigenvalue weighted by atomic mass is 9.93. The number of aromatic nitrogens is 1. The molecule has 0 aromatic carbocycles. The Bertz CT molecular complexity index is 643. The Morgan fingerprint density at radius 1 is 1.19 bits per heavy atom. The van der Waals surface area contributed by atoms with Crippen molar-refractivity contribution in [3.63, 3.8) is 0 Å². The van der Waals surface area contributed by atoms with Crippen LogP contribution in [0.4, 0.5) is 5.82 Å². The van der Waals surface area contributed by atoms with Crippen LogP contribution in [0.3, 0.4) is 0 Å². The zero-order valence-electron chi connectivity index (χ0n) is 16.1. The fraction of sp³-hybridized carbons (Fsp3) is 0.737. The molecule has 1 aromatic rings. The molecule has 1 atom stereocenters. The van der Waals surface area contributed by atoms with Crippen LogP contribution in [0.25, 0.3) is 0 Å². The number of hydrogen-bond acceptors (Lipinski definition) is 5. The normalized spacial score (nSPS) is 21.8. The molecule has 7 heteroatoms. The summed E-state index contributed by atoms with van der Waals surface area (Å²) in [6, 6.07) is 1.34. The molecular weight excluding hydrogens is 332 g/mol. The first-order valence-electron chi connectivity index (χ1n) is 9.64. The van der Waals surface area contributed by atoms with Crippen LogP contribution in [0.2, 0.25) is 0 Å². The van der Waals surface area contributed by atoms with E-state index in [9.17, 15) is 9.59 Å². The number of nitrogens with zero attached hydrogens (tertiary/aromatic N) is 3. The summed E-state index contributed by atoms with van der Waals surface area (Å²) in [6.07, 6.45) is 4.91. The molecular formula is C19H30N4O3. The fourth-order valence-corrected chi connectivity index (χ4v) is 3.62. The van der Waals surface area contributed by atoms with Crippen molar-refractivity contribution in [1.29, 1.82) is 0 Å². The summed E-state index contributed by atoms with van der Waals surface area (Å²) in [5, 5.41) is 6.78. The smallest absolute Gasteiger partial charge is 0.248 e. The van der Waals surface area contributed by atoms with Gasteiger partial charge < -0.3 is 14.7 Å². The molecule has 0 radical (unpaired) electrons.